The molecular formula is C30H33N3O5S2. The number of thioether (sulfide) groups is 1. The highest BCUT2D eigenvalue weighted by atomic mass is 32.2. The standard InChI is InChI=1S/C30H33N3O5S2/c1-30(2,3)25-17-32-26(38-25)19-39-29-18-33-27(40-29)16-28(35)37-23-12-10-22(11-13-23)36-14-6-8-21(34)15-20-7-4-5-9-24(20)31/h4-5,7,9-13,17-18H,6,8,14-16,19,31H2,1-3H3. The van der Waals surface area contributed by atoms with Crippen molar-refractivity contribution in [3.8, 4) is 11.5 Å². The number of hydrogen-bond donors (Lipinski definition) is 1. The monoisotopic (exact) mass is 579 g/mol. The number of oxazole rings is 1. The Labute approximate surface area is 242 Å². The average molecular weight is 580 g/mol. The van der Waals surface area contributed by atoms with Crippen LogP contribution in [0.4, 0.5) is 5.69 Å². The van der Waals surface area contributed by atoms with E-state index in [2.05, 4.69) is 30.7 Å². The molecule has 2 N–H and O–H groups in total. The lowest BCUT2D eigenvalue weighted by molar-refractivity contribution is -0.133. The minimum Gasteiger partial charge on any atom is -0.494 e. The van der Waals surface area contributed by atoms with Crippen LogP contribution in [0.5, 0.6) is 11.5 Å². The number of nitrogens with two attached hydrogens (primary N) is 1. The molecule has 2 heterocycles. The van der Waals surface area contributed by atoms with E-state index in [1.165, 1.54) is 11.3 Å². The van der Waals surface area contributed by atoms with Crippen molar-refractivity contribution >= 4 is 40.5 Å². The molecule has 4 rings (SSSR count). The van der Waals surface area contributed by atoms with Gasteiger partial charge in [0, 0.05) is 23.9 Å². The molecule has 0 saturated carbocycles. The normalized spacial score (nSPS) is 11.4. The number of carbonyl (C=O) groups is 2. The molecule has 4 aromatic rings. The van der Waals surface area contributed by atoms with E-state index in [1.54, 1.807) is 54.5 Å². The fraction of sp³-hybridized carbons (Fsp3) is 0.333. The molecule has 0 aliphatic carbocycles. The second kappa shape index (κ2) is 13.6. The van der Waals surface area contributed by atoms with Gasteiger partial charge >= 0.3 is 5.97 Å². The maximum Gasteiger partial charge on any atom is 0.318 e. The molecule has 0 atom stereocenters. The summed E-state index contributed by atoms with van der Waals surface area (Å²) < 4.78 is 18.0. The summed E-state index contributed by atoms with van der Waals surface area (Å²) in [6, 6.07) is 14.2. The first-order valence-corrected chi connectivity index (χ1v) is 14.8. The Morgan fingerprint density at radius 2 is 1.75 bits per heavy atom. The number of ether oxygens (including phenoxy) is 2. The van der Waals surface area contributed by atoms with E-state index in [0.29, 0.717) is 59.7 Å². The van der Waals surface area contributed by atoms with E-state index >= 15 is 0 Å². The number of anilines is 1. The van der Waals surface area contributed by atoms with E-state index in [9.17, 15) is 9.59 Å². The van der Waals surface area contributed by atoms with E-state index in [4.69, 9.17) is 19.6 Å². The van der Waals surface area contributed by atoms with E-state index in [1.807, 2.05) is 18.2 Å². The zero-order valence-electron chi connectivity index (χ0n) is 22.8. The number of esters is 1. The van der Waals surface area contributed by atoms with E-state index < -0.39 is 0 Å². The average Bonchev–Trinajstić information content (AvgIpc) is 3.57. The zero-order valence-corrected chi connectivity index (χ0v) is 24.5. The van der Waals surface area contributed by atoms with Crippen molar-refractivity contribution in [1.29, 1.82) is 0 Å². The van der Waals surface area contributed by atoms with Gasteiger partial charge in [-0.05, 0) is 42.3 Å². The summed E-state index contributed by atoms with van der Waals surface area (Å²) in [7, 11) is 0. The molecule has 210 valence electrons. The largest absolute Gasteiger partial charge is 0.494 e. The van der Waals surface area contributed by atoms with Crippen LogP contribution in [0.1, 0.15) is 55.8 Å². The SMILES string of the molecule is CC(C)(C)c1cnc(CSc2cnc(CC(=O)Oc3ccc(OCCCC(=O)Cc4ccccc4N)cc3)s2)o1. The molecule has 8 nitrogen and oxygen atoms in total. The van der Waals surface area contributed by atoms with Crippen molar-refractivity contribution in [1.82, 2.24) is 9.97 Å². The summed E-state index contributed by atoms with van der Waals surface area (Å²) in [5.74, 6) is 2.92. The number of nitrogens with zero attached hydrogens (tertiary/aromatic N) is 2. The number of aromatic nitrogens is 2. The van der Waals surface area contributed by atoms with Gasteiger partial charge in [0.15, 0.2) is 0 Å². The van der Waals surface area contributed by atoms with Crippen LogP contribution in [-0.4, -0.2) is 28.3 Å². The number of thiazole rings is 1. The van der Waals surface area contributed by atoms with Gasteiger partial charge in [0.2, 0.25) is 5.89 Å². The number of para-hydroxylation sites is 1. The third-order valence-corrected chi connectivity index (χ3v) is 8.00. The summed E-state index contributed by atoms with van der Waals surface area (Å²) in [6.45, 7) is 6.66. The van der Waals surface area contributed by atoms with Crippen LogP contribution < -0.4 is 15.2 Å². The lowest BCUT2D eigenvalue weighted by Crippen LogP contribution is -2.11. The Kier molecular flexibility index (Phi) is 10.0. The molecule has 0 unspecified atom stereocenters. The highest BCUT2D eigenvalue weighted by molar-refractivity contribution is 8.00. The van der Waals surface area contributed by atoms with Crippen molar-refractivity contribution < 1.29 is 23.5 Å². The third-order valence-electron chi connectivity index (χ3n) is 5.83. The predicted octanol–water partition coefficient (Wildman–Crippen LogP) is 6.42. The Morgan fingerprint density at radius 3 is 2.48 bits per heavy atom. The number of nitrogen functional groups attached to an aromatic ring is 1. The van der Waals surface area contributed by atoms with Gasteiger partial charge in [0.25, 0.3) is 0 Å². The van der Waals surface area contributed by atoms with Gasteiger partial charge in [-0.25, -0.2) is 9.97 Å². The summed E-state index contributed by atoms with van der Waals surface area (Å²) >= 11 is 3.02. The summed E-state index contributed by atoms with van der Waals surface area (Å²) in [6.07, 6.45) is 4.96. The minimum atomic E-state index is -0.389. The molecule has 0 amide bonds. The van der Waals surface area contributed by atoms with Crippen LogP contribution in [0, 0.1) is 0 Å². The Bertz CT molecular complexity index is 1420. The third kappa shape index (κ3) is 8.96. The van der Waals surface area contributed by atoms with Crippen molar-refractivity contribution in [3.63, 3.8) is 0 Å². The number of ketones is 1. The Morgan fingerprint density at radius 1 is 1.00 bits per heavy atom. The van der Waals surface area contributed by atoms with Gasteiger partial charge in [0.1, 0.15) is 28.1 Å². The molecule has 0 radical (unpaired) electrons. The quantitative estimate of drug-likeness (QED) is 0.0629. The first-order chi connectivity index (χ1) is 19.2. The molecule has 10 heteroatoms. The number of hydrogen-bond acceptors (Lipinski definition) is 10. The molecule has 40 heavy (non-hydrogen) atoms. The maximum absolute atomic E-state index is 12.4. The smallest absolute Gasteiger partial charge is 0.318 e. The first-order valence-electron chi connectivity index (χ1n) is 13.0. The predicted molar refractivity (Wildman–Crippen MR) is 157 cm³/mol. The van der Waals surface area contributed by atoms with Crippen LogP contribution in [0.15, 0.2) is 69.6 Å². The van der Waals surface area contributed by atoms with Gasteiger partial charge in [-0.2, -0.15) is 0 Å². The molecule has 2 aromatic heterocycles. The molecule has 0 fully saturated rings. The lowest BCUT2D eigenvalue weighted by Gasteiger charge is -2.12. The molecule has 2 aromatic carbocycles. The number of benzene rings is 2. The highest BCUT2D eigenvalue weighted by Gasteiger charge is 2.19. The Balaban J connectivity index is 1.15. The Hall–Kier alpha value is -3.63. The zero-order chi connectivity index (χ0) is 28.5. The number of carbonyl (C=O) groups excluding carboxylic acids is 2. The van der Waals surface area contributed by atoms with Gasteiger partial charge < -0.3 is 19.6 Å². The molecule has 0 saturated heterocycles. The summed E-state index contributed by atoms with van der Waals surface area (Å²) in [4.78, 5) is 33.3. The van der Waals surface area contributed by atoms with Crippen molar-refractivity contribution in [2.24, 2.45) is 0 Å². The van der Waals surface area contributed by atoms with Crippen molar-refractivity contribution in [2.75, 3.05) is 12.3 Å². The topological polar surface area (TPSA) is 118 Å². The maximum atomic E-state index is 12.4. The van der Waals surface area contributed by atoms with Crippen molar-refractivity contribution in [2.45, 2.75) is 61.8 Å². The fourth-order valence-corrected chi connectivity index (χ4v) is 5.51. The second-order valence-electron chi connectivity index (χ2n) is 10.2. The van der Waals surface area contributed by atoms with E-state index in [0.717, 1.165) is 15.5 Å². The molecular weight excluding hydrogens is 546 g/mol. The second-order valence-corrected chi connectivity index (χ2v) is 12.6. The van der Waals surface area contributed by atoms with Gasteiger partial charge in [-0.1, -0.05) is 39.0 Å². The highest BCUT2D eigenvalue weighted by Crippen LogP contribution is 2.30. The van der Waals surface area contributed by atoms with Gasteiger partial charge in [0.05, 0.1) is 35.4 Å². The van der Waals surface area contributed by atoms with Crippen molar-refractivity contribution in [3.05, 3.63) is 83.1 Å². The number of rotatable bonds is 13. The molecule has 0 aliphatic heterocycles. The van der Waals surface area contributed by atoms with Crippen LogP contribution in [-0.2, 0) is 33.6 Å². The number of Topliss-reactive ketones (excluding diaryl/α,β-unsaturated/α-hetero) is 1. The minimum absolute atomic E-state index is 0.0816. The van der Waals surface area contributed by atoms with Gasteiger partial charge in [-0.15, -0.1) is 23.1 Å². The molecule has 0 bridgehead atoms. The van der Waals surface area contributed by atoms with Crippen LogP contribution in [0.3, 0.4) is 0 Å². The van der Waals surface area contributed by atoms with E-state index in [-0.39, 0.29) is 23.6 Å². The molecule has 0 spiro atoms. The first kappa shape index (κ1) is 29.4. The summed E-state index contributed by atoms with van der Waals surface area (Å²) in [5.41, 5.74) is 7.31. The lowest BCUT2D eigenvalue weighted by atomic mass is 9.94. The summed E-state index contributed by atoms with van der Waals surface area (Å²) in [5, 5.41) is 0.680. The van der Waals surface area contributed by atoms with Crippen LogP contribution in [0.25, 0.3) is 0 Å². The van der Waals surface area contributed by atoms with Gasteiger partial charge in [-0.3, -0.25) is 9.59 Å². The molecule has 0 aliphatic rings. The van der Waals surface area contributed by atoms with Crippen LogP contribution in [0.2, 0.25) is 0 Å². The fourth-order valence-electron chi connectivity index (χ4n) is 3.65. The van der Waals surface area contributed by atoms with Crippen LogP contribution >= 0.6 is 23.1 Å².